The Morgan fingerprint density at radius 3 is 2.52 bits per heavy atom. The average Bonchev–Trinajstić information content (AvgIpc) is 2.62. The van der Waals surface area contributed by atoms with Gasteiger partial charge in [0.25, 0.3) is 0 Å². The van der Waals surface area contributed by atoms with Crippen molar-refractivity contribution in [3.05, 3.63) is 42.9 Å². The summed E-state index contributed by atoms with van der Waals surface area (Å²) in [4.78, 5) is 7.77. The van der Waals surface area contributed by atoms with Crippen molar-refractivity contribution in [2.24, 2.45) is 0 Å². The van der Waals surface area contributed by atoms with Gasteiger partial charge in [0.15, 0.2) is 0 Å². The Balaban J connectivity index is 1.70. The lowest BCUT2D eigenvalue weighted by atomic mass is 10.1. The van der Waals surface area contributed by atoms with Crippen molar-refractivity contribution >= 4 is 10.0 Å². The van der Waals surface area contributed by atoms with Crippen LogP contribution in [0.15, 0.2) is 47.8 Å². The predicted molar refractivity (Wildman–Crippen MR) is 87.6 cm³/mol. The van der Waals surface area contributed by atoms with E-state index in [9.17, 15) is 21.6 Å². The third-order valence-corrected chi connectivity index (χ3v) is 5.74. The van der Waals surface area contributed by atoms with E-state index in [2.05, 4.69) is 14.7 Å². The summed E-state index contributed by atoms with van der Waals surface area (Å²) in [6.07, 6.45) is 0.414. The van der Waals surface area contributed by atoms with Crippen molar-refractivity contribution in [2.45, 2.75) is 30.2 Å². The summed E-state index contributed by atoms with van der Waals surface area (Å²) < 4.78 is 72.8. The Morgan fingerprint density at radius 2 is 1.89 bits per heavy atom. The second kappa shape index (κ2) is 7.69. The van der Waals surface area contributed by atoms with Crippen LogP contribution >= 0.6 is 0 Å². The standard InChI is InChI=1S/C16H16F3N3O4S/c17-16(18,19)26-12-3-5-14(6-4-12)27(23,24)22-9-1-2-13(11-22)25-15-10-20-7-8-21-15/h3-8,10,13H,1-2,9,11H2. The SMILES string of the molecule is O=S(=O)(c1ccc(OC(F)(F)F)cc1)N1CCCC(Oc2cnccn2)C1. The van der Waals surface area contributed by atoms with E-state index in [-0.39, 0.29) is 11.4 Å². The van der Waals surface area contributed by atoms with Gasteiger partial charge in [-0.1, -0.05) is 0 Å². The zero-order valence-electron chi connectivity index (χ0n) is 14.0. The summed E-state index contributed by atoms with van der Waals surface area (Å²) in [5.74, 6) is -0.181. The molecule has 0 bridgehead atoms. The van der Waals surface area contributed by atoms with E-state index in [1.54, 1.807) is 0 Å². The minimum absolute atomic E-state index is 0.111. The molecule has 7 nitrogen and oxygen atoms in total. The number of sulfonamides is 1. The van der Waals surface area contributed by atoms with Crippen LogP contribution in [0.3, 0.4) is 0 Å². The summed E-state index contributed by atoms with van der Waals surface area (Å²) in [5, 5.41) is 0. The van der Waals surface area contributed by atoms with Gasteiger partial charge in [0.05, 0.1) is 17.6 Å². The molecule has 146 valence electrons. The smallest absolute Gasteiger partial charge is 0.472 e. The molecule has 1 aliphatic rings. The van der Waals surface area contributed by atoms with Crippen LogP contribution in [-0.4, -0.2) is 48.2 Å². The highest BCUT2D eigenvalue weighted by Gasteiger charge is 2.33. The highest BCUT2D eigenvalue weighted by atomic mass is 32.2. The number of piperidine rings is 1. The number of halogens is 3. The lowest BCUT2D eigenvalue weighted by Crippen LogP contribution is -2.44. The van der Waals surface area contributed by atoms with Crippen LogP contribution < -0.4 is 9.47 Å². The van der Waals surface area contributed by atoms with Gasteiger partial charge >= 0.3 is 6.36 Å². The van der Waals surface area contributed by atoms with Crippen molar-refractivity contribution in [1.82, 2.24) is 14.3 Å². The molecule has 11 heteroatoms. The Kier molecular flexibility index (Phi) is 5.51. The molecule has 1 aromatic heterocycles. The third kappa shape index (κ3) is 5.07. The van der Waals surface area contributed by atoms with Gasteiger partial charge in [-0.25, -0.2) is 13.4 Å². The molecule has 3 rings (SSSR count). The van der Waals surface area contributed by atoms with Gasteiger partial charge < -0.3 is 9.47 Å². The number of nitrogens with zero attached hydrogens (tertiary/aromatic N) is 3. The van der Waals surface area contributed by atoms with Gasteiger partial charge in [0, 0.05) is 18.9 Å². The molecule has 1 unspecified atom stereocenters. The number of aromatic nitrogens is 2. The molecule has 1 saturated heterocycles. The largest absolute Gasteiger partial charge is 0.573 e. The average molecular weight is 403 g/mol. The molecule has 0 N–H and O–H groups in total. The molecule has 0 amide bonds. The molecule has 1 aliphatic heterocycles. The van der Waals surface area contributed by atoms with Gasteiger partial charge in [-0.05, 0) is 37.1 Å². The van der Waals surface area contributed by atoms with Crippen LogP contribution in [0.25, 0.3) is 0 Å². The van der Waals surface area contributed by atoms with Crippen molar-refractivity contribution < 1.29 is 31.1 Å². The Morgan fingerprint density at radius 1 is 1.15 bits per heavy atom. The van der Waals surface area contributed by atoms with Crippen LogP contribution in [-0.2, 0) is 10.0 Å². The molecule has 1 fully saturated rings. The molecule has 1 aromatic carbocycles. The first kappa shape index (κ1) is 19.4. The maximum absolute atomic E-state index is 12.8. The Bertz CT molecular complexity index is 861. The molecule has 0 saturated carbocycles. The number of benzene rings is 1. The normalized spacial score (nSPS) is 18.9. The summed E-state index contributed by atoms with van der Waals surface area (Å²) in [5.41, 5.74) is 0. The number of rotatable bonds is 5. The van der Waals surface area contributed by atoms with Crippen LogP contribution in [0.2, 0.25) is 0 Å². The maximum Gasteiger partial charge on any atom is 0.573 e. The summed E-state index contributed by atoms with van der Waals surface area (Å²) in [6.45, 7) is 0.406. The third-order valence-electron chi connectivity index (χ3n) is 3.86. The first-order valence-corrected chi connectivity index (χ1v) is 9.47. The molecule has 27 heavy (non-hydrogen) atoms. The molecule has 0 radical (unpaired) electrons. The van der Waals surface area contributed by atoms with Crippen molar-refractivity contribution in [2.75, 3.05) is 13.1 Å². The summed E-state index contributed by atoms with van der Waals surface area (Å²) >= 11 is 0. The van der Waals surface area contributed by atoms with Gasteiger partial charge in [-0.15, -0.1) is 13.2 Å². The number of hydrogen-bond donors (Lipinski definition) is 0. The summed E-state index contributed by atoms with van der Waals surface area (Å²) in [6, 6.07) is 4.11. The first-order chi connectivity index (χ1) is 12.7. The topological polar surface area (TPSA) is 81.6 Å². The fraction of sp³-hybridized carbons (Fsp3) is 0.375. The zero-order chi connectivity index (χ0) is 19.5. The second-order valence-corrected chi connectivity index (χ2v) is 7.75. The van der Waals surface area contributed by atoms with Crippen molar-refractivity contribution in [1.29, 1.82) is 0 Å². The molecule has 2 aromatic rings. The molecule has 0 aliphatic carbocycles. The molecular formula is C16H16F3N3O4S. The lowest BCUT2D eigenvalue weighted by molar-refractivity contribution is -0.274. The van der Waals surface area contributed by atoms with Crippen LogP contribution in [0.4, 0.5) is 13.2 Å². The monoisotopic (exact) mass is 403 g/mol. The van der Waals surface area contributed by atoms with Crippen molar-refractivity contribution in [3.63, 3.8) is 0 Å². The van der Waals surface area contributed by atoms with Gasteiger partial charge in [0.2, 0.25) is 15.9 Å². The number of alkyl halides is 3. The van der Waals surface area contributed by atoms with Crippen LogP contribution in [0.5, 0.6) is 11.6 Å². The first-order valence-electron chi connectivity index (χ1n) is 8.03. The molecular weight excluding hydrogens is 387 g/mol. The van der Waals surface area contributed by atoms with E-state index in [0.29, 0.717) is 25.3 Å². The minimum atomic E-state index is -4.84. The van der Waals surface area contributed by atoms with Gasteiger partial charge in [-0.2, -0.15) is 4.31 Å². The fourth-order valence-electron chi connectivity index (χ4n) is 2.70. The minimum Gasteiger partial charge on any atom is -0.472 e. The number of ether oxygens (including phenoxy) is 2. The Hall–Kier alpha value is -2.40. The quantitative estimate of drug-likeness (QED) is 0.763. The number of hydrogen-bond acceptors (Lipinski definition) is 6. The second-order valence-electron chi connectivity index (χ2n) is 5.81. The zero-order valence-corrected chi connectivity index (χ0v) is 14.8. The van der Waals surface area contributed by atoms with E-state index < -0.39 is 28.2 Å². The predicted octanol–water partition coefficient (Wildman–Crippen LogP) is 2.61. The van der Waals surface area contributed by atoms with Gasteiger partial charge in [-0.3, -0.25) is 4.98 Å². The highest BCUT2D eigenvalue weighted by Crippen LogP contribution is 2.27. The molecule has 0 spiro atoms. The highest BCUT2D eigenvalue weighted by molar-refractivity contribution is 7.89. The fourth-order valence-corrected chi connectivity index (χ4v) is 4.21. The van der Waals surface area contributed by atoms with E-state index in [1.165, 1.54) is 22.9 Å². The van der Waals surface area contributed by atoms with Gasteiger partial charge in [0.1, 0.15) is 11.9 Å². The van der Waals surface area contributed by atoms with Crippen LogP contribution in [0.1, 0.15) is 12.8 Å². The van der Waals surface area contributed by atoms with E-state index in [4.69, 9.17) is 4.74 Å². The molecule has 1 atom stereocenters. The van der Waals surface area contributed by atoms with E-state index in [0.717, 1.165) is 24.3 Å². The molecule has 2 heterocycles. The van der Waals surface area contributed by atoms with E-state index in [1.807, 2.05) is 0 Å². The van der Waals surface area contributed by atoms with Crippen molar-refractivity contribution in [3.8, 4) is 11.6 Å². The summed E-state index contributed by atoms with van der Waals surface area (Å²) in [7, 11) is -3.87. The lowest BCUT2D eigenvalue weighted by Gasteiger charge is -2.31. The maximum atomic E-state index is 12.8. The Labute approximate surface area is 153 Å². The van der Waals surface area contributed by atoms with Crippen LogP contribution in [0, 0.1) is 0 Å². The van der Waals surface area contributed by atoms with E-state index >= 15 is 0 Å².